The van der Waals surface area contributed by atoms with Gasteiger partial charge in [-0.25, -0.2) is 4.39 Å². The van der Waals surface area contributed by atoms with Gasteiger partial charge in [0.15, 0.2) is 0 Å². The number of benzene rings is 2. The SMILES string of the molecule is CCCCOc1ccc(C#Cc2ccc(N=C=S)cc2)c(F)c1. The first kappa shape index (κ1) is 16.9. The highest BCUT2D eigenvalue weighted by Crippen LogP contribution is 2.17. The Balaban J connectivity index is 2.09. The topological polar surface area (TPSA) is 21.6 Å². The lowest BCUT2D eigenvalue weighted by molar-refractivity contribution is 0.308. The van der Waals surface area contributed by atoms with Gasteiger partial charge in [-0.15, -0.1) is 0 Å². The number of halogens is 1. The molecule has 0 amide bonds. The summed E-state index contributed by atoms with van der Waals surface area (Å²) in [4.78, 5) is 3.86. The molecule has 0 atom stereocenters. The molecular weight excluding hydrogens is 309 g/mol. The van der Waals surface area contributed by atoms with Crippen LogP contribution in [-0.4, -0.2) is 11.8 Å². The van der Waals surface area contributed by atoms with Gasteiger partial charge in [-0.3, -0.25) is 0 Å². The Hall–Kier alpha value is -2.47. The number of hydrogen-bond acceptors (Lipinski definition) is 3. The average molecular weight is 325 g/mol. The minimum Gasteiger partial charge on any atom is -0.493 e. The second kappa shape index (κ2) is 8.85. The number of ether oxygens (including phenoxy) is 1. The molecule has 0 saturated carbocycles. The Bertz CT molecular complexity index is 768. The van der Waals surface area contributed by atoms with E-state index >= 15 is 0 Å². The molecule has 116 valence electrons. The molecule has 0 bridgehead atoms. The molecule has 0 fully saturated rings. The van der Waals surface area contributed by atoms with Crippen LogP contribution in [0.25, 0.3) is 0 Å². The number of nitrogens with zero attached hydrogens (tertiary/aromatic N) is 1. The lowest BCUT2D eigenvalue weighted by atomic mass is 10.1. The van der Waals surface area contributed by atoms with Crippen LogP contribution in [0.15, 0.2) is 47.5 Å². The van der Waals surface area contributed by atoms with Gasteiger partial charge in [-0.1, -0.05) is 25.2 Å². The molecule has 2 aromatic rings. The van der Waals surface area contributed by atoms with E-state index in [0.717, 1.165) is 18.4 Å². The van der Waals surface area contributed by atoms with E-state index in [0.29, 0.717) is 23.6 Å². The molecule has 0 N–H and O–H groups in total. The number of hydrogen-bond donors (Lipinski definition) is 0. The smallest absolute Gasteiger partial charge is 0.142 e. The summed E-state index contributed by atoms with van der Waals surface area (Å²) in [7, 11) is 0. The fourth-order valence-corrected chi connectivity index (χ4v) is 1.94. The summed E-state index contributed by atoms with van der Waals surface area (Å²) in [5.74, 6) is 5.90. The quantitative estimate of drug-likeness (QED) is 0.329. The van der Waals surface area contributed by atoms with E-state index in [4.69, 9.17) is 4.74 Å². The molecule has 0 spiro atoms. The van der Waals surface area contributed by atoms with E-state index in [2.05, 4.69) is 41.1 Å². The molecule has 4 heteroatoms. The number of aliphatic imine (C=N–C) groups is 1. The summed E-state index contributed by atoms with van der Waals surface area (Å²) in [5, 5.41) is 2.30. The van der Waals surface area contributed by atoms with Crippen molar-refractivity contribution in [2.24, 2.45) is 4.99 Å². The highest BCUT2D eigenvalue weighted by Gasteiger charge is 2.02. The first-order valence-corrected chi connectivity index (χ1v) is 7.76. The minimum absolute atomic E-state index is 0.342. The summed E-state index contributed by atoms with van der Waals surface area (Å²) in [5.41, 5.74) is 1.83. The molecule has 2 aromatic carbocycles. The molecule has 2 nitrogen and oxygen atoms in total. The Kier molecular flexibility index (Phi) is 6.50. The zero-order valence-corrected chi connectivity index (χ0v) is 13.6. The first-order valence-electron chi connectivity index (χ1n) is 7.35. The predicted molar refractivity (Wildman–Crippen MR) is 93.9 cm³/mol. The van der Waals surface area contributed by atoms with Crippen LogP contribution in [0.2, 0.25) is 0 Å². The molecule has 0 radical (unpaired) electrons. The van der Waals surface area contributed by atoms with E-state index in [-0.39, 0.29) is 5.82 Å². The highest BCUT2D eigenvalue weighted by atomic mass is 32.1. The third-order valence-electron chi connectivity index (χ3n) is 3.09. The molecule has 23 heavy (non-hydrogen) atoms. The lowest BCUT2D eigenvalue weighted by Gasteiger charge is -2.05. The summed E-state index contributed by atoms with van der Waals surface area (Å²) in [6.45, 7) is 2.67. The molecular formula is C19H16FNOS. The summed E-state index contributed by atoms with van der Waals surface area (Å²) in [6, 6.07) is 11.9. The van der Waals surface area contributed by atoms with Crippen molar-refractivity contribution in [2.45, 2.75) is 19.8 Å². The van der Waals surface area contributed by atoms with E-state index in [9.17, 15) is 4.39 Å². The summed E-state index contributed by atoms with van der Waals surface area (Å²) >= 11 is 4.54. The molecule has 0 saturated heterocycles. The van der Waals surface area contributed by atoms with Crippen molar-refractivity contribution in [2.75, 3.05) is 6.61 Å². The van der Waals surface area contributed by atoms with Crippen molar-refractivity contribution in [3.63, 3.8) is 0 Å². The van der Waals surface area contributed by atoms with Crippen LogP contribution >= 0.6 is 12.2 Å². The number of isothiocyanates is 1. The van der Waals surface area contributed by atoms with Gasteiger partial charge >= 0.3 is 0 Å². The molecule has 0 aromatic heterocycles. The van der Waals surface area contributed by atoms with Gasteiger partial charge < -0.3 is 4.74 Å². The van der Waals surface area contributed by atoms with Crippen molar-refractivity contribution in [3.8, 4) is 17.6 Å². The van der Waals surface area contributed by atoms with E-state index in [1.807, 2.05) is 0 Å². The summed E-state index contributed by atoms with van der Waals surface area (Å²) < 4.78 is 19.5. The zero-order chi connectivity index (χ0) is 16.5. The third kappa shape index (κ3) is 5.34. The normalized spacial score (nSPS) is 9.48. The number of unbranched alkanes of at least 4 members (excludes halogenated alkanes) is 1. The molecule has 0 unspecified atom stereocenters. The van der Waals surface area contributed by atoms with Gasteiger partial charge in [-0.2, -0.15) is 4.99 Å². The molecule has 0 heterocycles. The number of rotatable bonds is 5. The van der Waals surface area contributed by atoms with Crippen LogP contribution in [0, 0.1) is 17.7 Å². The van der Waals surface area contributed by atoms with Crippen LogP contribution in [0.4, 0.5) is 10.1 Å². The standard InChI is InChI=1S/C19H16FNOS/c1-2-3-12-22-18-11-8-16(19(20)13-18)7-4-15-5-9-17(10-6-15)21-14-23/h5-6,8-11,13H,2-3,12H2,1H3. The van der Waals surface area contributed by atoms with E-state index in [1.54, 1.807) is 36.4 Å². The van der Waals surface area contributed by atoms with Crippen molar-refractivity contribution in [1.29, 1.82) is 0 Å². The lowest BCUT2D eigenvalue weighted by Crippen LogP contribution is -1.97. The maximum Gasteiger partial charge on any atom is 0.142 e. The largest absolute Gasteiger partial charge is 0.493 e. The van der Waals surface area contributed by atoms with Crippen LogP contribution in [0.1, 0.15) is 30.9 Å². The van der Waals surface area contributed by atoms with Crippen LogP contribution in [0.5, 0.6) is 5.75 Å². The fourth-order valence-electron chi connectivity index (χ4n) is 1.83. The number of thiocarbonyl (C=S) groups is 1. The van der Waals surface area contributed by atoms with Gasteiger partial charge in [0.05, 0.1) is 23.0 Å². The van der Waals surface area contributed by atoms with Gasteiger partial charge in [0.1, 0.15) is 11.6 Å². The third-order valence-corrected chi connectivity index (χ3v) is 3.18. The first-order chi connectivity index (χ1) is 11.2. The van der Waals surface area contributed by atoms with Gasteiger partial charge in [0, 0.05) is 11.6 Å². The molecule has 2 rings (SSSR count). The Morgan fingerprint density at radius 1 is 1.13 bits per heavy atom. The zero-order valence-electron chi connectivity index (χ0n) is 12.8. The van der Waals surface area contributed by atoms with Crippen molar-refractivity contribution >= 4 is 23.1 Å². The molecule has 0 aliphatic rings. The van der Waals surface area contributed by atoms with E-state index in [1.165, 1.54) is 6.07 Å². The average Bonchev–Trinajstić information content (AvgIpc) is 2.56. The van der Waals surface area contributed by atoms with E-state index < -0.39 is 0 Å². The second-order valence-corrected chi connectivity index (χ2v) is 5.03. The monoisotopic (exact) mass is 325 g/mol. The van der Waals surface area contributed by atoms with Gasteiger partial charge in [0.25, 0.3) is 0 Å². The summed E-state index contributed by atoms with van der Waals surface area (Å²) in [6.07, 6.45) is 1.99. The van der Waals surface area contributed by atoms with Crippen LogP contribution in [-0.2, 0) is 0 Å². The van der Waals surface area contributed by atoms with Crippen molar-refractivity contribution < 1.29 is 9.13 Å². The van der Waals surface area contributed by atoms with Crippen molar-refractivity contribution in [3.05, 3.63) is 59.4 Å². The minimum atomic E-state index is -0.381. The Labute approximate surface area is 141 Å². The predicted octanol–water partition coefficient (Wildman–Crippen LogP) is 5.14. The molecule has 0 aliphatic carbocycles. The van der Waals surface area contributed by atoms with Crippen LogP contribution < -0.4 is 4.74 Å². The Morgan fingerprint density at radius 2 is 1.91 bits per heavy atom. The fraction of sp³-hybridized carbons (Fsp3) is 0.211. The van der Waals surface area contributed by atoms with Crippen molar-refractivity contribution in [1.82, 2.24) is 0 Å². The maximum atomic E-state index is 14.0. The second-order valence-electron chi connectivity index (χ2n) is 4.84. The van der Waals surface area contributed by atoms with Crippen LogP contribution in [0.3, 0.4) is 0 Å². The molecule has 0 aliphatic heterocycles. The maximum absolute atomic E-state index is 14.0. The Morgan fingerprint density at radius 3 is 2.57 bits per heavy atom. The highest BCUT2D eigenvalue weighted by molar-refractivity contribution is 7.78. The van der Waals surface area contributed by atoms with Gasteiger partial charge in [-0.05, 0) is 55.0 Å². The van der Waals surface area contributed by atoms with Gasteiger partial charge in [0.2, 0.25) is 0 Å².